The zero-order valence-electron chi connectivity index (χ0n) is 13.0. The van der Waals surface area contributed by atoms with Crippen molar-refractivity contribution in [2.75, 3.05) is 12.3 Å². The van der Waals surface area contributed by atoms with E-state index >= 15 is 0 Å². The molecule has 1 aromatic heterocycles. The predicted molar refractivity (Wildman–Crippen MR) is 67.7 cm³/mol. The highest BCUT2D eigenvalue weighted by Gasteiger charge is 2.55. The molecule has 0 aliphatic carbocycles. The van der Waals surface area contributed by atoms with Gasteiger partial charge in [-0.3, -0.25) is 4.57 Å². The van der Waals surface area contributed by atoms with Crippen molar-refractivity contribution >= 4 is 5.82 Å². The third kappa shape index (κ3) is 2.10. The van der Waals surface area contributed by atoms with Gasteiger partial charge in [-0.15, -0.1) is 0 Å². The molecule has 110 valence electrons. The molecular formula is C12H17N3O5. The zero-order valence-corrected chi connectivity index (χ0v) is 11.0. The fourth-order valence-corrected chi connectivity index (χ4v) is 2.52. The van der Waals surface area contributed by atoms with E-state index in [1.807, 2.05) is 0 Å². The van der Waals surface area contributed by atoms with Crippen molar-refractivity contribution in [2.24, 2.45) is 0 Å². The monoisotopic (exact) mass is 285 g/mol. The first kappa shape index (κ1) is 11.2. The first-order valence-electron chi connectivity index (χ1n) is 7.17. The van der Waals surface area contributed by atoms with Gasteiger partial charge in [0, 0.05) is 6.20 Å². The first-order valence-corrected chi connectivity index (χ1v) is 6.17. The van der Waals surface area contributed by atoms with E-state index in [0.717, 1.165) is 4.57 Å². The highest BCUT2D eigenvalue weighted by molar-refractivity contribution is 5.23. The number of ether oxygens (including phenoxy) is 3. The molecule has 0 bridgehead atoms. The Morgan fingerprint density at radius 1 is 1.55 bits per heavy atom. The lowest BCUT2D eigenvalue weighted by Gasteiger charge is -2.24. The number of nitrogen functional groups attached to an aromatic ring is 1. The third-order valence-corrected chi connectivity index (χ3v) is 3.28. The number of hydrogen-bond acceptors (Lipinski definition) is 7. The summed E-state index contributed by atoms with van der Waals surface area (Å²) in [6.45, 7) is 0.680. The summed E-state index contributed by atoms with van der Waals surface area (Å²) in [5, 5.41) is 9.66. The highest BCUT2D eigenvalue weighted by atomic mass is 16.8. The lowest BCUT2D eigenvalue weighted by atomic mass is 10.1. The first-order chi connectivity index (χ1) is 10.1. The van der Waals surface area contributed by atoms with Crippen LogP contribution in [0.5, 0.6) is 0 Å². The summed E-state index contributed by atoms with van der Waals surface area (Å²) in [4.78, 5) is 15.6. The molecule has 2 saturated heterocycles. The number of aromatic nitrogens is 2. The molecule has 0 spiro atoms. The number of rotatable bonds is 2. The Morgan fingerprint density at radius 3 is 2.90 bits per heavy atom. The van der Waals surface area contributed by atoms with Crippen molar-refractivity contribution in [3.8, 4) is 0 Å². The van der Waals surface area contributed by atoms with Crippen LogP contribution in [0.4, 0.5) is 5.82 Å². The van der Waals surface area contributed by atoms with E-state index in [-0.39, 0.29) is 5.82 Å². The van der Waals surface area contributed by atoms with Crippen molar-refractivity contribution in [1.82, 2.24) is 9.55 Å². The molecule has 2 aliphatic heterocycles. The molecule has 8 nitrogen and oxygen atoms in total. The standard InChI is InChI=1S/C12H17N3O5/c1-12(2)19-8-6(5-16)18-10(9(8)20-12)15-4-3-7(13)14-11(15)17/h3-4,6,8-10,16H,5H2,1-2H3,(H2,13,14,17)/t6-,8+,9?,10-/m1/s1/i5D2. The second-order valence-corrected chi connectivity index (χ2v) is 5.18. The Kier molecular flexibility index (Phi) is 2.53. The van der Waals surface area contributed by atoms with Crippen LogP contribution in [0.2, 0.25) is 0 Å². The molecule has 20 heavy (non-hydrogen) atoms. The van der Waals surface area contributed by atoms with E-state index < -0.39 is 42.6 Å². The van der Waals surface area contributed by atoms with Gasteiger partial charge in [0.25, 0.3) is 0 Å². The fourth-order valence-electron chi connectivity index (χ4n) is 2.52. The summed E-state index contributed by atoms with van der Waals surface area (Å²) in [5.41, 5.74) is 4.80. The fraction of sp³-hybridized carbons (Fsp3) is 0.667. The van der Waals surface area contributed by atoms with Gasteiger partial charge in [-0.05, 0) is 19.9 Å². The van der Waals surface area contributed by atoms with E-state index in [1.165, 1.54) is 12.3 Å². The summed E-state index contributed by atoms with van der Waals surface area (Å²) in [6.07, 6.45) is -2.50. The van der Waals surface area contributed by atoms with Gasteiger partial charge in [0.05, 0.1) is 9.30 Å². The van der Waals surface area contributed by atoms with Crippen molar-refractivity contribution in [1.29, 1.82) is 0 Å². The van der Waals surface area contributed by atoms with Crippen LogP contribution in [0, 0.1) is 0 Å². The lowest BCUT2D eigenvalue weighted by Crippen LogP contribution is -2.35. The quantitative estimate of drug-likeness (QED) is 0.734. The average Bonchev–Trinajstić information content (AvgIpc) is 2.82. The molecule has 3 N–H and O–H groups in total. The van der Waals surface area contributed by atoms with E-state index in [1.54, 1.807) is 13.8 Å². The second kappa shape index (κ2) is 4.52. The molecule has 1 aromatic rings. The van der Waals surface area contributed by atoms with Gasteiger partial charge in [-0.2, -0.15) is 4.98 Å². The highest BCUT2D eigenvalue weighted by Crippen LogP contribution is 2.42. The molecule has 3 rings (SSSR count). The summed E-state index contributed by atoms with van der Waals surface area (Å²) in [5.74, 6) is -0.917. The zero-order chi connectivity index (χ0) is 16.3. The van der Waals surface area contributed by atoms with Crippen LogP contribution in [-0.2, 0) is 14.2 Å². The average molecular weight is 285 g/mol. The maximum Gasteiger partial charge on any atom is 0.351 e. The number of fused-ring (bicyclic) bond motifs is 1. The molecule has 4 atom stereocenters. The van der Waals surface area contributed by atoms with Crippen LogP contribution >= 0.6 is 0 Å². The Balaban J connectivity index is 2.00. The molecule has 0 aromatic carbocycles. The molecular weight excluding hydrogens is 266 g/mol. The number of nitrogens with two attached hydrogens (primary N) is 1. The molecule has 0 saturated carbocycles. The second-order valence-electron chi connectivity index (χ2n) is 5.18. The van der Waals surface area contributed by atoms with Crippen LogP contribution in [0.1, 0.15) is 22.8 Å². The minimum Gasteiger partial charge on any atom is -0.394 e. The number of aliphatic hydroxyl groups is 1. The number of hydrogen-bond donors (Lipinski definition) is 2. The largest absolute Gasteiger partial charge is 0.394 e. The van der Waals surface area contributed by atoms with Crippen molar-refractivity contribution in [3.05, 3.63) is 22.7 Å². The van der Waals surface area contributed by atoms with Crippen molar-refractivity contribution in [2.45, 2.75) is 44.2 Å². The van der Waals surface area contributed by atoms with Crippen molar-refractivity contribution < 1.29 is 22.1 Å². The molecule has 2 fully saturated rings. The van der Waals surface area contributed by atoms with Gasteiger partial charge in [0.15, 0.2) is 12.0 Å². The van der Waals surface area contributed by atoms with Crippen LogP contribution in [0.15, 0.2) is 17.1 Å². The van der Waals surface area contributed by atoms with Crippen LogP contribution in [-0.4, -0.2) is 45.3 Å². The minimum atomic E-state index is -2.65. The van der Waals surface area contributed by atoms with Crippen LogP contribution in [0.25, 0.3) is 0 Å². The van der Waals surface area contributed by atoms with E-state index in [9.17, 15) is 9.90 Å². The third-order valence-electron chi connectivity index (χ3n) is 3.28. The van der Waals surface area contributed by atoms with Gasteiger partial charge in [0.2, 0.25) is 0 Å². The predicted octanol–water partition coefficient (Wildman–Crippen LogP) is -0.765. The lowest BCUT2D eigenvalue weighted by molar-refractivity contribution is -0.200. The minimum absolute atomic E-state index is 0.0637. The summed E-state index contributed by atoms with van der Waals surface area (Å²) in [7, 11) is 0. The molecule has 3 heterocycles. The maximum atomic E-state index is 12.0. The Bertz CT molecular complexity index is 644. The topological polar surface area (TPSA) is 109 Å². The van der Waals surface area contributed by atoms with Gasteiger partial charge >= 0.3 is 5.69 Å². The summed E-state index contributed by atoms with van der Waals surface area (Å²) >= 11 is 0. The molecule has 2 aliphatic rings. The van der Waals surface area contributed by atoms with Gasteiger partial charge < -0.3 is 25.1 Å². The Morgan fingerprint density at radius 2 is 2.25 bits per heavy atom. The number of nitrogens with zero attached hydrogens (tertiary/aromatic N) is 2. The smallest absolute Gasteiger partial charge is 0.351 e. The summed E-state index contributed by atoms with van der Waals surface area (Å²) in [6, 6.07) is 1.42. The van der Waals surface area contributed by atoms with E-state index in [2.05, 4.69) is 4.98 Å². The van der Waals surface area contributed by atoms with Gasteiger partial charge in [-0.25, -0.2) is 4.79 Å². The molecule has 0 radical (unpaired) electrons. The van der Waals surface area contributed by atoms with E-state index in [0.29, 0.717) is 0 Å². The normalized spacial score (nSPS) is 37.4. The van der Waals surface area contributed by atoms with Gasteiger partial charge in [0.1, 0.15) is 24.1 Å². The number of anilines is 1. The maximum absolute atomic E-state index is 12.0. The Hall–Kier alpha value is -1.48. The van der Waals surface area contributed by atoms with Gasteiger partial charge in [-0.1, -0.05) is 0 Å². The van der Waals surface area contributed by atoms with Crippen LogP contribution < -0.4 is 11.4 Å². The van der Waals surface area contributed by atoms with Crippen molar-refractivity contribution in [3.63, 3.8) is 0 Å². The van der Waals surface area contributed by atoms with Crippen LogP contribution in [0.3, 0.4) is 0 Å². The SMILES string of the molecule is [2H]C([2H])(O)[C@H]1O[C@@H](n2ccc(N)nc2=O)C2OC(C)(C)O[C@H]21. The molecule has 8 heteroatoms. The Labute approximate surface area is 117 Å². The summed E-state index contributed by atoms with van der Waals surface area (Å²) < 4.78 is 32.9. The molecule has 1 unspecified atom stereocenters. The molecule has 0 amide bonds. The van der Waals surface area contributed by atoms with E-state index in [4.69, 9.17) is 22.7 Å².